The van der Waals surface area contributed by atoms with E-state index >= 15 is 0 Å². The molecule has 0 fully saturated rings. The van der Waals surface area contributed by atoms with E-state index in [9.17, 15) is 0 Å². The Morgan fingerprint density at radius 2 is 1.38 bits per heavy atom. The van der Waals surface area contributed by atoms with Crippen molar-refractivity contribution in [3.63, 3.8) is 0 Å². The first-order valence-corrected chi connectivity index (χ1v) is 18.9. The van der Waals surface area contributed by atoms with Gasteiger partial charge in [0, 0.05) is 34.7 Å². The molecule has 0 aliphatic rings. The van der Waals surface area contributed by atoms with Crippen LogP contribution in [-0.4, -0.2) is 19.3 Å². The van der Waals surface area contributed by atoms with Crippen molar-refractivity contribution >= 4 is 21.8 Å². The third-order valence-corrected chi connectivity index (χ3v) is 10.2. The second-order valence-corrected chi connectivity index (χ2v) is 15.7. The molecule has 0 spiro atoms. The molecule has 0 radical (unpaired) electrons. The van der Waals surface area contributed by atoms with Crippen molar-refractivity contribution in [1.29, 1.82) is 0 Å². The van der Waals surface area contributed by atoms with Crippen molar-refractivity contribution < 1.29 is 4.74 Å². The number of nitrogens with zero attached hydrogens (tertiary/aromatic N) is 4. The average molecular weight is 689 g/mol. The standard InChI is InChI=1S/C47H52N4O/c1-28(2)15-16-35-24-36(51-47(30(5)6)45(46(49-51)29(3)4)44-33(9)21-32(8)22-34(44)10)26-38(25-35)52-37-17-18-40-39-13-11-12-14-41(39)50(42(40)27-37)43-23-31(7)19-20-48-43/h11-14,17-30H,15-16H2,1-10H3. The van der Waals surface area contributed by atoms with Gasteiger partial charge in [-0.3, -0.25) is 4.57 Å². The maximum Gasteiger partial charge on any atom is 0.137 e. The Morgan fingerprint density at radius 3 is 2.08 bits per heavy atom. The lowest BCUT2D eigenvalue weighted by molar-refractivity contribution is 0.481. The minimum Gasteiger partial charge on any atom is -0.457 e. The van der Waals surface area contributed by atoms with Crippen molar-refractivity contribution in [2.75, 3.05) is 0 Å². The van der Waals surface area contributed by atoms with E-state index in [1.807, 2.05) is 12.3 Å². The Morgan fingerprint density at radius 1 is 0.654 bits per heavy atom. The molecule has 7 aromatic rings. The highest BCUT2D eigenvalue weighted by Gasteiger charge is 2.27. The highest BCUT2D eigenvalue weighted by Crippen LogP contribution is 2.42. The maximum absolute atomic E-state index is 6.85. The Bertz CT molecular complexity index is 2400. The van der Waals surface area contributed by atoms with Crippen LogP contribution in [0.5, 0.6) is 11.5 Å². The Balaban J connectivity index is 1.39. The van der Waals surface area contributed by atoms with Gasteiger partial charge in [-0.05, 0) is 129 Å². The number of aromatic nitrogens is 4. The van der Waals surface area contributed by atoms with Gasteiger partial charge in [-0.25, -0.2) is 9.67 Å². The van der Waals surface area contributed by atoms with Gasteiger partial charge < -0.3 is 4.74 Å². The Labute approximate surface area is 309 Å². The largest absolute Gasteiger partial charge is 0.457 e. The Hall–Kier alpha value is -5.16. The highest BCUT2D eigenvalue weighted by atomic mass is 16.5. The second kappa shape index (κ2) is 14.1. The number of fused-ring (bicyclic) bond motifs is 3. The molecule has 0 atom stereocenters. The lowest BCUT2D eigenvalue weighted by Crippen LogP contribution is -2.06. The fraction of sp³-hybridized carbons (Fsp3) is 0.319. The molecule has 0 saturated heterocycles. The summed E-state index contributed by atoms with van der Waals surface area (Å²) in [6.07, 6.45) is 3.94. The monoisotopic (exact) mass is 688 g/mol. The lowest BCUT2D eigenvalue weighted by Gasteiger charge is -2.18. The van der Waals surface area contributed by atoms with Crippen LogP contribution < -0.4 is 4.74 Å². The van der Waals surface area contributed by atoms with Crippen molar-refractivity contribution in [1.82, 2.24) is 19.3 Å². The molecule has 0 amide bonds. The molecular weight excluding hydrogens is 637 g/mol. The van der Waals surface area contributed by atoms with E-state index < -0.39 is 0 Å². The number of hydrogen-bond acceptors (Lipinski definition) is 3. The van der Waals surface area contributed by atoms with Gasteiger partial charge in [0.1, 0.15) is 17.3 Å². The van der Waals surface area contributed by atoms with Gasteiger partial charge in [-0.15, -0.1) is 0 Å². The molecule has 52 heavy (non-hydrogen) atoms. The second-order valence-electron chi connectivity index (χ2n) is 15.7. The molecule has 0 bridgehead atoms. The fourth-order valence-electron chi connectivity index (χ4n) is 7.88. The molecule has 0 aliphatic carbocycles. The molecule has 7 rings (SSSR count). The summed E-state index contributed by atoms with van der Waals surface area (Å²) in [7, 11) is 0. The van der Waals surface area contributed by atoms with Crippen LogP contribution in [0, 0.1) is 33.6 Å². The SMILES string of the molecule is Cc1ccnc(-n2c3ccccc3c3ccc(Oc4cc(CCC(C)C)cc(-n5nc(C(C)C)c(-c6c(C)cc(C)cc6C)c5C(C)C)c4)cc32)c1. The van der Waals surface area contributed by atoms with Gasteiger partial charge >= 0.3 is 0 Å². The summed E-state index contributed by atoms with van der Waals surface area (Å²) >= 11 is 0. The highest BCUT2D eigenvalue weighted by molar-refractivity contribution is 6.09. The Kier molecular flexibility index (Phi) is 9.56. The van der Waals surface area contributed by atoms with Gasteiger partial charge in [0.15, 0.2) is 0 Å². The predicted octanol–water partition coefficient (Wildman–Crippen LogP) is 12.9. The van der Waals surface area contributed by atoms with Crippen LogP contribution in [0.2, 0.25) is 0 Å². The van der Waals surface area contributed by atoms with Crippen LogP contribution in [0.1, 0.15) is 99.0 Å². The van der Waals surface area contributed by atoms with Crippen LogP contribution in [-0.2, 0) is 6.42 Å². The van der Waals surface area contributed by atoms with Crippen LogP contribution >= 0.6 is 0 Å². The summed E-state index contributed by atoms with van der Waals surface area (Å²) in [5.74, 6) is 3.60. The van der Waals surface area contributed by atoms with Crippen LogP contribution in [0.15, 0.2) is 91.1 Å². The number of pyridine rings is 1. The number of benzene rings is 4. The third-order valence-electron chi connectivity index (χ3n) is 10.2. The van der Waals surface area contributed by atoms with Crippen LogP contribution in [0.3, 0.4) is 0 Å². The first-order valence-electron chi connectivity index (χ1n) is 18.9. The van der Waals surface area contributed by atoms with Crippen LogP contribution in [0.4, 0.5) is 0 Å². The number of rotatable bonds is 10. The predicted molar refractivity (Wildman–Crippen MR) is 218 cm³/mol. The molecule has 5 heteroatoms. The van der Waals surface area contributed by atoms with Crippen molar-refractivity contribution in [2.45, 2.75) is 93.9 Å². The molecule has 3 aromatic heterocycles. The molecule has 5 nitrogen and oxygen atoms in total. The topological polar surface area (TPSA) is 44.9 Å². The summed E-state index contributed by atoms with van der Waals surface area (Å²) in [4.78, 5) is 4.78. The zero-order valence-electron chi connectivity index (χ0n) is 32.5. The maximum atomic E-state index is 6.85. The molecule has 4 aromatic carbocycles. The number of ether oxygens (including phenoxy) is 1. The molecule has 266 valence electrons. The van der Waals surface area contributed by atoms with Gasteiger partial charge in [0.2, 0.25) is 0 Å². The van der Waals surface area contributed by atoms with Crippen LogP contribution in [0.25, 0.3) is 44.4 Å². The van der Waals surface area contributed by atoms with Gasteiger partial charge in [0.25, 0.3) is 0 Å². The van der Waals surface area contributed by atoms with E-state index in [0.717, 1.165) is 52.6 Å². The van der Waals surface area contributed by atoms with Crippen molar-refractivity contribution in [3.8, 4) is 34.1 Å². The number of hydrogen-bond donors (Lipinski definition) is 0. The summed E-state index contributed by atoms with van der Waals surface area (Å²) in [6.45, 7) is 22.4. The summed E-state index contributed by atoms with van der Waals surface area (Å²) < 4.78 is 11.3. The van der Waals surface area contributed by atoms with E-state index in [-0.39, 0.29) is 11.8 Å². The fourth-order valence-corrected chi connectivity index (χ4v) is 7.88. The molecule has 3 heterocycles. The summed E-state index contributed by atoms with van der Waals surface area (Å²) in [5, 5.41) is 7.80. The van der Waals surface area contributed by atoms with E-state index in [4.69, 9.17) is 14.8 Å². The van der Waals surface area contributed by atoms with Gasteiger partial charge in [0.05, 0.1) is 28.1 Å². The van der Waals surface area contributed by atoms with Crippen molar-refractivity contribution in [2.24, 2.45) is 5.92 Å². The number of para-hydroxylation sites is 1. The van der Waals surface area contributed by atoms with E-state index in [2.05, 4.69) is 157 Å². The van der Waals surface area contributed by atoms with Crippen molar-refractivity contribution in [3.05, 3.63) is 130 Å². The molecular formula is C47H52N4O. The first-order chi connectivity index (χ1) is 24.9. The molecule has 0 N–H and O–H groups in total. The normalized spacial score (nSPS) is 11.9. The van der Waals surface area contributed by atoms with Gasteiger partial charge in [-0.2, -0.15) is 5.10 Å². The van der Waals surface area contributed by atoms with Gasteiger partial charge in [-0.1, -0.05) is 77.4 Å². The first kappa shape index (κ1) is 35.3. The smallest absolute Gasteiger partial charge is 0.137 e. The zero-order chi connectivity index (χ0) is 36.8. The quantitative estimate of drug-likeness (QED) is 0.144. The van der Waals surface area contributed by atoms with E-state index in [1.165, 1.54) is 55.4 Å². The number of aryl methyl sites for hydroxylation is 5. The zero-order valence-corrected chi connectivity index (χ0v) is 32.5. The van der Waals surface area contributed by atoms with E-state index in [1.54, 1.807) is 0 Å². The summed E-state index contributed by atoms with van der Waals surface area (Å²) in [5.41, 5.74) is 14.5. The minimum absolute atomic E-state index is 0.248. The average Bonchev–Trinajstić information content (AvgIpc) is 3.64. The van der Waals surface area contributed by atoms with E-state index in [0.29, 0.717) is 5.92 Å². The lowest BCUT2D eigenvalue weighted by atomic mass is 9.87. The molecule has 0 unspecified atom stereocenters. The minimum atomic E-state index is 0.248. The summed E-state index contributed by atoms with van der Waals surface area (Å²) in [6, 6.07) is 30.5. The molecule has 0 saturated carbocycles. The third kappa shape index (κ3) is 6.65. The molecule has 0 aliphatic heterocycles.